The van der Waals surface area contributed by atoms with Crippen molar-refractivity contribution in [3.05, 3.63) is 65.7 Å². The molecule has 4 rings (SSSR count). The highest BCUT2D eigenvalue weighted by Gasteiger charge is 2.14. The van der Waals surface area contributed by atoms with Crippen molar-refractivity contribution in [2.24, 2.45) is 0 Å². The van der Waals surface area contributed by atoms with Crippen LogP contribution in [0.15, 0.2) is 60.8 Å². The van der Waals surface area contributed by atoms with Gasteiger partial charge < -0.3 is 15.0 Å². The fourth-order valence-corrected chi connectivity index (χ4v) is 3.70. The Balaban J connectivity index is 1.47. The number of amides is 1. The van der Waals surface area contributed by atoms with E-state index in [1.165, 1.54) is 11.3 Å². The van der Waals surface area contributed by atoms with Crippen LogP contribution < -0.4 is 10.2 Å². The fourth-order valence-electron chi connectivity index (χ4n) is 2.89. The molecule has 0 bridgehead atoms. The third kappa shape index (κ3) is 3.76. The van der Waals surface area contributed by atoms with E-state index in [0.717, 1.165) is 48.2 Å². The lowest BCUT2D eigenvalue weighted by Gasteiger charge is -2.29. The van der Waals surface area contributed by atoms with Crippen molar-refractivity contribution >= 4 is 28.6 Å². The summed E-state index contributed by atoms with van der Waals surface area (Å²) in [6, 6.07) is 17.8. The molecule has 1 amide bonds. The number of anilines is 2. The van der Waals surface area contributed by atoms with E-state index in [0.29, 0.717) is 4.88 Å². The molecule has 5 nitrogen and oxygen atoms in total. The second kappa shape index (κ2) is 7.68. The van der Waals surface area contributed by atoms with Crippen LogP contribution >= 0.6 is 11.3 Å². The van der Waals surface area contributed by atoms with Crippen LogP contribution in [0.4, 0.5) is 11.4 Å². The maximum absolute atomic E-state index is 12.6. The summed E-state index contributed by atoms with van der Waals surface area (Å²) in [6.45, 7) is 3.21. The van der Waals surface area contributed by atoms with Crippen LogP contribution in [0.1, 0.15) is 9.67 Å². The van der Waals surface area contributed by atoms with Crippen molar-refractivity contribution < 1.29 is 9.53 Å². The third-order valence-corrected chi connectivity index (χ3v) is 5.28. The second-order valence-electron chi connectivity index (χ2n) is 6.00. The molecular formula is C20H19N3O2S. The molecule has 2 heterocycles. The fraction of sp³-hybridized carbons (Fsp3) is 0.200. The predicted octanol–water partition coefficient (Wildman–Crippen LogP) is 3.90. The van der Waals surface area contributed by atoms with Crippen molar-refractivity contribution in [2.75, 3.05) is 36.5 Å². The average molecular weight is 365 g/mol. The quantitative estimate of drug-likeness (QED) is 0.762. The predicted molar refractivity (Wildman–Crippen MR) is 105 cm³/mol. The van der Waals surface area contributed by atoms with Crippen LogP contribution in [0.3, 0.4) is 0 Å². The Bertz CT molecular complexity index is 889. The third-order valence-electron chi connectivity index (χ3n) is 4.23. The van der Waals surface area contributed by atoms with Gasteiger partial charge in [-0.1, -0.05) is 36.4 Å². The molecule has 1 saturated heterocycles. The zero-order valence-electron chi connectivity index (χ0n) is 14.2. The first-order valence-electron chi connectivity index (χ1n) is 8.55. The Morgan fingerprint density at radius 2 is 1.88 bits per heavy atom. The SMILES string of the molecule is O=C(Nc1cccc(N2CCOCC2)c1)c1cnc(-c2ccccc2)s1. The summed E-state index contributed by atoms with van der Waals surface area (Å²) in [5, 5.41) is 3.82. The summed E-state index contributed by atoms with van der Waals surface area (Å²) in [5.74, 6) is -0.135. The van der Waals surface area contributed by atoms with Gasteiger partial charge in [0.25, 0.3) is 5.91 Å². The van der Waals surface area contributed by atoms with E-state index >= 15 is 0 Å². The number of morpholine rings is 1. The minimum absolute atomic E-state index is 0.135. The Hall–Kier alpha value is -2.70. The van der Waals surface area contributed by atoms with Gasteiger partial charge in [0.15, 0.2) is 0 Å². The molecule has 0 unspecified atom stereocenters. The van der Waals surface area contributed by atoms with E-state index in [9.17, 15) is 4.79 Å². The van der Waals surface area contributed by atoms with Crippen LogP contribution in [0.2, 0.25) is 0 Å². The van der Waals surface area contributed by atoms with Crippen molar-refractivity contribution in [3.63, 3.8) is 0 Å². The molecule has 1 fully saturated rings. The number of benzene rings is 2. The van der Waals surface area contributed by atoms with Crippen LogP contribution in [0.5, 0.6) is 0 Å². The Morgan fingerprint density at radius 3 is 2.69 bits per heavy atom. The van der Waals surface area contributed by atoms with Crippen LogP contribution in [0.25, 0.3) is 10.6 Å². The van der Waals surface area contributed by atoms with Crippen LogP contribution in [-0.4, -0.2) is 37.2 Å². The lowest BCUT2D eigenvalue weighted by atomic mass is 10.2. The van der Waals surface area contributed by atoms with Gasteiger partial charge in [0.2, 0.25) is 0 Å². The highest BCUT2D eigenvalue weighted by atomic mass is 32.1. The summed E-state index contributed by atoms with van der Waals surface area (Å²) in [7, 11) is 0. The van der Waals surface area contributed by atoms with E-state index in [-0.39, 0.29) is 5.91 Å². The van der Waals surface area contributed by atoms with E-state index in [4.69, 9.17) is 4.74 Å². The van der Waals surface area contributed by atoms with Gasteiger partial charge in [0.1, 0.15) is 9.88 Å². The molecule has 1 aromatic heterocycles. The van der Waals surface area contributed by atoms with Crippen molar-refractivity contribution in [3.8, 4) is 10.6 Å². The molecule has 1 N–H and O–H groups in total. The number of hydrogen-bond acceptors (Lipinski definition) is 5. The maximum Gasteiger partial charge on any atom is 0.267 e. The van der Waals surface area contributed by atoms with Gasteiger partial charge in [-0.05, 0) is 18.2 Å². The van der Waals surface area contributed by atoms with Gasteiger partial charge in [-0.15, -0.1) is 11.3 Å². The summed E-state index contributed by atoms with van der Waals surface area (Å²) in [6.07, 6.45) is 1.63. The highest BCUT2D eigenvalue weighted by Crippen LogP contribution is 2.26. The first kappa shape index (κ1) is 16.8. The normalized spacial score (nSPS) is 14.2. The molecule has 3 aromatic rings. The number of ether oxygens (including phenoxy) is 1. The maximum atomic E-state index is 12.6. The highest BCUT2D eigenvalue weighted by molar-refractivity contribution is 7.17. The zero-order chi connectivity index (χ0) is 17.8. The van der Waals surface area contributed by atoms with Crippen molar-refractivity contribution in [1.29, 1.82) is 0 Å². The number of hydrogen-bond donors (Lipinski definition) is 1. The Kier molecular flexibility index (Phi) is 4.95. The van der Waals surface area contributed by atoms with Gasteiger partial charge in [0, 0.05) is 30.0 Å². The second-order valence-corrected chi connectivity index (χ2v) is 7.03. The molecule has 1 aliphatic rings. The average Bonchev–Trinajstić information content (AvgIpc) is 3.20. The van der Waals surface area contributed by atoms with Gasteiger partial charge >= 0.3 is 0 Å². The molecule has 0 spiro atoms. The number of nitrogens with zero attached hydrogens (tertiary/aromatic N) is 2. The van der Waals surface area contributed by atoms with Crippen LogP contribution in [0, 0.1) is 0 Å². The number of aromatic nitrogens is 1. The van der Waals surface area contributed by atoms with E-state index in [2.05, 4.69) is 21.3 Å². The van der Waals surface area contributed by atoms with E-state index in [1.807, 2.05) is 48.5 Å². The summed E-state index contributed by atoms with van der Waals surface area (Å²) in [5.41, 5.74) is 2.90. The molecule has 0 radical (unpaired) electrons. The Labute approximate surface area is 156 Å². The number of carbonyl (C=O) groups excluding carboxylic acids is 1. The molecule has 26 heavy (non-hydrogen) atoms. The minimum atomic E-state index is -0.135. The molecule has 132 valence electrons. The minimum Gasteiger partial charge on any atom is -0.378 e. The lowest BCUT2D eigenvalue weighted by molar-refractivity contribution is 0.103. The molecule has 1 aliphatic heterocycles. The van der Waals surface area contributed by atoms with E-state index in [1.54, 1.807) is 6.20 Å². The summed E-state index contributed by atoms with van der Waals surface area (Å²) in [4.78, 5) is 19.8. The number of thiazole rings is 1. The number of rotatable bonds is 4. The zero-order valence-corrected chi connectivity index (χ0v) is 15.0. The van der Waals surface area contributed by atoms with Crippen molar-refractivity contribution in [2.45, 2.75) is 0 Å². The molecule has 0 saturated carbocycles. The lowest BCUT2D eigenvalue weighted by Crippen LogP contribution is -2.36. The topological polar surface area (TPSA) is 54.5 Å². The molecular weight excluding hydrogens is 346 g/mol. The number of nitrogens with one attached hydrogen (secondary N) is 1. The largest absolute Gasteiger partial charge is 0.378 e. The molecule has 0 atom stereocenters. The smallest absolute Gasteiger partial charge is 0.267 e. The Morgan fingerprint density at radius 1 is 1.08 bits per heavy atom. The molecule has 2 aromatic carbocycles. The standard InChI is InChI=1S/C20H19N3O2S/c24-19(18-14-21-20(26-18)15-5-2-1-3-6-15)22-16-7-4-8-17(13-16)23-9-11-25-12-10-23/h1-8,13-14H,9-12H2,(H,22,24). The summed E-state index contributed by atoms with van der Waals surface area (Å²) < 4.78 is 5.40. The molecule has 0 aliphatic carbocycles. The van der Waals surface area contributed by atoms with E-state index < -0.39 is 0 Å². The molecule has 6 heteroatoms. The van der Waals surface area contributed by atoms with Crippen LogP contribution in [-0.2, 0) is 4.74 Å². The van der Waals surface area contributed by atoms with Gasteiger partial charge in [-0.2, -0.15) is 0 Å². The first-order valence-corrected chi connectivity index (χ1v) is 9.36. The van der Waals surface area contributed by atoms with Gasteiger partial charge in [-0.3, -0.25) is 4.79 Å². The monoisotopic (exact) mass is 365 g/mol. The first-order chi connectivity index (χ1) is 12.8. The van der Waals surface area contributed by atoms with Crippen molar-refractivity contribution in [1.82, 2.24) is 4.98 Å². The van der Waals surface area contributed by atoms with Gasteiger partial charge in [0.05, 0.1) is 19.4 Å². The number of carbonyl (C=O) groups is 1. The van der Waals surface area contributed by atoms with Gasteiger partial charge in [-0.25, -0.2) is 4.98 Å². The summed E-state index contributed by atoms with van der Waals surface area (Å²) >= 11 is 1.40.